The van der Waals surface area contributed by atoms with Gasteiger partial charge in [-0.05, 0) is 29.5 Å². The number of aromatic nitrogens is 6. The molecule has 3 heterocycles. The van der Waals surface area contributed by atoms with Crippen molar-refractivity contribution in [1.29, 1.82) is 0 Å². The van der Waals surface area contributed by atoms with E-state index in [0.29, 0.717) is 55.3 Å². The highest BCUT2D eigenvalue weighted by molar-refractivity contribution is 6.30. The Morgan fingerprint density at radius 2 is 1.67 bits per heavy atom. The van der Waals surface area contributed by atoms with Crippen LogP contribution in [0.25, 0.3) is 22.8 Å². The van der Waals surface area contributed by atoms with Gasteiger partial charge in [0.1, 0.15) is 6.54 Å². The van der Waals surface area contributed by atoms with Crippen molar-refractivity contribution >= 4 is 17.5 Å². The summed E-state index contributed by atoms with van der Waals surface area (Å²) in [6.45, 7) is 3.24. The summed E-state index contributed by atoms with van der Waals surface area (Å²) < 4.78 is 5.40. The quantitative estimate of drug-likeness (QED) is 0.428. The second-order valence-corrected chi connectivity index (χ2v) is 8.12. The summed E-state index contributed by atoms with van der Waals surface area (Å²) in [5.41, 5.74) is 1.71. The number of carbonyl (C=O) groups is 1. The van der Waals surface area contributed by atoms with Crippen LogP contribution in [0.5, 0.6) is 0 Å². The fraction of sp³-hybridized carbons (Fsp3) is 0.273. The fourth-order valence-electron chi connectivity index (χ4n) is 3.62. The number of tetrazole rings is 1. The third-order valence-corrected chi connectivity index (χ3v) is 5.67. The molecule has 2 aromatic carbocycles. The predicted molar refractivity (Wildman–Crippen MR) is 120 cm³/mol. The van der Waals surface area contributed by atoms with Crippen LogP contribution < -0.4 is 0 Å². The van der Waals surface area contributed by atoms with E-state index in [1.54, 1.807) is 12.1 Å². The van der Waals surface area contributed by atoms with Crippen molar-refractivity contribution in [2.45, 2.75) is 13.1 Å². The van der Waals surface area contributed by atoms with Gasteiger partial charge in [-0.3, -0.25) is 9.69 Å². The zero-order valence-corrected chi connectivity index (χ0v) is 18.5. The molecule has 0 bridgehead atoms. The van der Waals surface area contributed by atoms with Crippen LogP contribution in [0.1, 0.15) is 5.89 Å². The van der Waals surface area contributed by atoms with Gasteiger partial charge >= 0.3 is 0 Å². The molecular formula is C22H21ClN8O2. The second kappa shape index (κ2) is 9.47. The molecule has 10 nitrogen and oxygen atoms in total. The summed E-state index contributed by atoms with van der Waals surface area (Å²) in [7, 11) is 0. The van der Waals surface area contributed by atoms with Crippen LogP contribution in [0.3, 0.4) is 0 Å². The number of halogens is 1. The van der Waals surface area contributed by atoms with E-state index in [9.17, 15) is 4.79 Å². The molecule has 33 heavy (non-hydrogen) atoms. The standard InChI is InChI=1S/C22H21ClN8O2/c23-18-8-6-17(7-9-18)21-24-19(33-27-21)14-29-10-12-30(13-11-29)20(32)15-31-26-22(25-28-31)16-4-2-1-3-5-16/h1-9H,10-15H2. The molecular weight excluding hydrogens is 444 g/mol. The number of hydrogen-bond acceptors (Lipinski definition) is 8. The maximum atomic E-state index is 12.7. The van der Waals surface area contributed by atoms with Crippen LogP contribution in [0, 0.1) is 0 Å². The number of carbonyl (C=O) groups excluding carboxylic acids is 1. The smallest absolute Gasteiger partial charge is 0.246 e. The summed E-state index contributed by atoms with van der Waals surface area (Å²) in [6.07, 6.45) is 0. The lowest BCUT2D eigenvalue weighted by Gasteiger charge is -2.33. The average Bonchev–Trinajstić information content (AvgIpc) is 3.51. The lowest BCUT2D eigenvalue weighted by molar-refractivity contribution is -0.134. The summed E-state index contributed by atoms with van der Waals surface area (Å²) in [5.74, 6) is 1.55. The normalized spacial score (nSPS) is 14.5. The summed E-state index contributed by atoms with van der Waals surface area (Å²) in [5, 5.41) is 17.1. The molecule has 1 aliphatic heterocycles. The summed E-state index contributed by atoms with van der Waals surface area (Å²) in [6, 6.07) is 16.9. The molecule has 1 amide bonds. The monoisotopic (exact) mass is 464 g/mol. The van der Waals surface area contributed by atoms with Crippen molar-refractivity contribution in [3.8, 4) is 22.8 Å². The maximum Gasteiger partial charge on any atom is 0.246 e. The summed E-state index contributed by atoms with van der Waals surface area (Å²) >= 11 is 5.93. The highest BCUT2D eigenvalue weighted by atomic mass is 35.5. The first-order chi connectivity index (χ1) is 16.1. The topological polar surface area (TPSA) is 106 Å². The molecule has 5 rings (SSSR count). The molecule has 0 N–H and O–H groups in total. The Kier molecular flexibility index (Phi) is 6.09. The van der Waals surface area contributed by atoms with Gasteiger partial charge in [0.05, 0.1) is 6.54 Å². The van der Waals surface area contributed by atoms with Crippen LogP contribution in [0.4, 0.5) is 0 Å². The van der Waals surface area contributed by atoms with Crippen LogP contribution in [0.2, 0.25) is 5.02 Å². The van der Waals surface area contributed by atoms with E-state index in [1.165, 1.54) is 4.80 Å². The number of nitrogens with zero attached hydrogens (tertiary/aromatic N) is 8. The lowest BCUT2D eigenvalue weighted by Crippen LogP contribution is -2.49. The van der Waals surface area contributed by atoms with Gasteiger partial charge in [0, 0.05) is 42.3 Å². The van der Waals surface area contributed by atoms with Crippen LogP contribution in [0.15, 0.2) is 59.1 Å². The number of rotatable bonds is 6. The van der Waals surface area contributed by atoms with Gasteiger partial charge in [-0.25, -0.2) is 0 Å². The molecule has 4 aromatic rings. The van der Waals surface area contributed by atoms with Crippen molar-refractivity contribution in [2.24, 2.45) is 0 Å². The minimum absolute atomic E-state index is 0.0329. The third kappa shape index (κ3) is 5.07. The number of hydrogen-bond donors (Lipinski definition) is 0. The van der Waals surface area contributed by atoms with E-state index >= 15 is 0 Å². The van der Waals surface area contributed by atoms with Gasteiger partial charge in [0.2, 0.25) is 23.4 Å². The van der Waals surface area contributed by atoms with Gasteiger partial charge in [0.25, 0.3) is 0 Å². The fourth-order valence-corrected chi connectivity index (χ4v) is 3.74. The van der Waals surface area contributed by atoms with E-state index in [0.717, 1.165) is 11.1 Å². The van der Waals surface area contributed by atoms with Crippen LogP contribution in [-0.4, -0.2) is 72.2 Å². The molecule has 0 atom stereocenters. The van der Waals surface area contributed by atoms with Crippen molar-refractivity contribution in [1.82, 2.24) is 40.1 Å². The van der Waals surface area contributed by atoms with Crippen LogP contribution in [-0.2, 0) is 17.9 Å². The molecule has 0 spiro atoms. The molecule has 1 aliphatic rings. The first-order valence-corrected chi connectivity index (χ1v) is 10.9. The first kappa shape index (κ1) is 21.2. The number of amides is 1. The van der Waals surface area contributed by atoms with Crippen molar-refractivity contribution in [3.63, 3.8) is 0 Å². The van der Waals surface area contributed by atoms with Crippen molar-refractivity contribution in [2.75, 3.05) is 26.2 Å². The Labute approximate surface area is 194 Å². The Bertz CT molecular complexity index is 1220. The zero-order valence-electron chi connectivity index (χ0n) is 17.7. The summed E-state index contributed by atoms with van der Waals surface area (Å²) in [4.78, 5) is 22.5. The van der Waals surface area contributed by atoms with Gasteiger partial charge in [-0.2, -0.15) is 9.78 Å². The molecule has 0 saturated carbocycles. The van der Waals surface area contributed by atoms with E-state index in [-0.39, 0.29) is 12.5 Å². The number of piperazine rings is 1. The maximum absolute atomic E-state index is 12.7. The SMILES string of the molecule is O=C(Cn1nnc(-c2ccccc2)n1)N1CCN(Cc2nc(-c3ccc(Cl)cc3)no2)CC1. The van der Waals surface area contributed by atoms with Gasteiger partial charge in [-0.15, -0.1) is 10.2 Å². The van der Waals surface area contributed by atoms with Gasteiger partial charge in [0.15, 0.2) is 0 Å². The Hall–Kier alpha value is -3.63. The molecule has 0 radical (unpaired) electrons. The predicted octanol–water partition coefficient (Wildman–Crippen LogP) is 2.39. The van der Waals surface area contributed by atoms with Gasteiger partial charge < -0.3 is 9.42 Å². The molecule has 168 valence electrons. The first-order valence-electron chi connectivity index (χ1n) is 10.6. The van der Waals surface area contributed by atoms with E-state index in [1.807, 2.05) is 47.4 Å². The van der Waals surface area contributed by atoms with E-state index in [2.05, 4.69) is 30.5 Å². The minimum atomic E-state index is -0.0329. The van der Waals surface area contributed by atoms with Crippen LogP contribution >= 0.6 is 11.6 Å². The molecule has 1 saturated heterocycles. The zero-order chi connectivity index (χ0) is 22.6. The Morgan fingerprint density at radius 3 is 2.42 bits per heavy atom. The minimum Gasteiger partial charge on any atom is -0.338 e. The lowest BCUT2D eigenvalue weighted by atomic mass is 10.2. The molecule has 2 aromatic heterocycles. The highest BCUT2D eigenvalue weighted by Crippen LogP contribution is 2.19. The Balaban J connectivity index is 1.12. The third-order valence-electron chi connectivity index (χ3n) is 5.42. The van der Waals surface area contributed by atoms with E-state index in [4.69, 9.17) is 16.1 Å². The molecule has 1 fully saturated rings. The molecule has 0 unspecified atom stereocenters. The molecule has 11 heteroatoms. The van der Waals surface area contributed by atoms with Crippen molar-refractivity contribution < 1.29 is 9.32 Å². The second-order valence-electron chi connectivity index (χ2n) is 7.69. The van der Waals surface area contributed by atoms with Gasteiger partial charge in [-0.1, -0.05) is 47.1 Å². The largest absolute Gasteiger partial charge is 0.338 e. The highest BCUT2D eigenvalue weighted by Gasteiger charge is 2.23. The van der Waals surface area contributed by atoms with Crippen molar-refractivity contribution in [3.05, 3.63) is 65.5 Å². The molecule has 0 aliphatic carbocycles. The Morgan fingerprint density at radius 1 is 0.939 bits per heavy atom. The average molecular weight is 465 g/mol. The van der Waals surface area contributed by atoms with E-state index < -0.39 is 0 Å². The number of benzene rings is 2.